The number of rotatable bonds is 6. The van der Waals surface area contributed by atoms with E-state index in [-0.39, 0.29) is 5.82 Å². The average Bonchev–Trinajstić information content (AvgIpc) is 2.48. The molecule has 2 rings (SSSR count). The molecule has 1 aliphatic heterocycles. The number of carbonyl (C=O) groups excluding carboxylic acids is 1. The maximum absolute atomic E-state index is 10.5. The van der Waals surface area contributed by atoms with Crippen molar-refractivity contribution < 1.29 is 14.5 Å². The van der Waals surface area contributed by atoms with Gasteiger partial charge in [0.05, 0.1) is 5.69 Å². The van der Waals surface area contributed by atoms with Crippen LogP contribution in [-0.2, 0) is 9.53 Å². The summed E-state index contributed by atoms with van der Waals surface area (Å²) in [4.78, 5) is 28.3. The average molecular weight is 280 g/mol. The molecular formula is C12H16N4O4. The van der Waals surface area contributed by atoms with Crippen molar-refractivity contribution in [2.45, 2.75) is 0 Å². The van der Waals surface area contributed by atoms with Gasteiger partial charge in [0.1, 0.15) is 6.61 Å². The van der Waals surface area contributed by atoms with Gasteiger partial charge in [-0.25, -0.2) is 0 Å². The predicted octanol–water partition coefficient (Wildman–Crippen LogP) is 0.285. The first kappa shape index (κ1) is 14.2. The van der Waals surface area contributed by atoms with Crippen LogP contribution in [0.4, 0.5) is 11.5 Å². The van der Waals surface area contributed by atoms with E-state index in [1.807, 2.05) is 0 Å². The van der Waals surface area contributed by atoms with Crippen LogP contribution in [-0.4, -0.2) is 60.6 Å². The molecule has 0 aromatic carbocycles. The van der Waals surface area contributed by atoms with Gasteiger partial charge in [0.2, 0.25) is 0 Å². The number of nitrogens with zero attached hydrogens (tertiary/aromatic N) is 4. The maximum atomic E-state index is 10.5. The quantitative estimate of drug-likeness (QED) is 0.320. The Kier molecular flexibility index (Phi) is 4.83. The first-order valence-corrected chi connectivity index (χ1v) is 6.33. The fraction of sp³-hybridized carbons (Fsp3) is 0.500. The number of piperazine rings is 1. The topological polar surface area (TPSA) is 88.8 Å². The Morgan fingerprint density at radius 1 is 1.35 bits per heavy atom. The molecule has 1 fully saturated rings. The van der Waals surface area contributed by atoms with Crippen LogP contribution < -0.4 is 4.90 Å². The molecule has 20 heavy (non-hydrogen) atoms. The molecule has 8 nitrogen and oxygen atoms in total. The molecular weight excluding hydrogens is 264 g/mol. The molecule has 0 spiro atoms. The van der Waals surface area contributed by atoms with Gasteiger partial charge in [-0.05, 0) is 16.0 Å². The van der Waals surface area contributed by atoms with Gasteiger partial charge >= 0.3 is 5.82 Å². The van der Waals surface area contributed by atoms with E-state index in [4.69, 9.17) is 0 Å². The largest absolute Gasteiger partial charge is 0.467 e. The lowest BCUT2D eigenvalue weighted by Crippen LogP contribution is -2.47. The molecule has 0 atom stereocenters. The number of carbonyl (C=O) groups is 1. The molecule has 1 aliphatic rings. The summed E-state index contributed by atoms with van der Waals surface area (Å²) in [6.07, 6.45) is 1.53. The zero-order chi connectivity index (χ0) is 14.4. The summed E-state index contributed by atoms with van der Waals surface area (Å²) in [5.41, 5.74) is 0.888. The zero-order valence-electron chi connectivity index (χ0n) is 11.0. The minimum absolute atomic E-state index is 0.140. The highest BCUT2D eigenvalue weighted by atomic mass is 16.6. The minimum atomic E-state index is -0.505. The SMILES string of the molecule is O=COCCN1CCN(c2ccc([N+](=O)[O-])nc2)CC1. The lowest BCUT2D eigenvalue weighted by atomic mass is 10.2. The van der Waals surface area contributed by atoms with Crippen LogP contribution in [0.5, 0.6) is 0 Å². The third-order valence-electron chi connectivity index (χ3n) is 3.25. The van der Waals surface area contributed by atoms with Gasteiger partial charge in [0, 0.05) is 38.8 Å². The number of anilines is 1. The fourth-order valence-corrected chi connectivity index (χ4v) is 2.13. The Morgan fingerprint density at radius 3 is 2.65 bits per heavy atom. The Hall–Kier alpha value is -2.22. The second-order valence-electron chi connectivity index (χ2n) is 4.43. The second kappa shape index (κ2) is 6.80. The van der Waals surface area contributed by atoms with Crippen molar-refractivity contribution in [1.82, 2.24) is 9.88 Å². The van der Waals surface area contributed by atoms with E-state index in [1.54, 1.807) is 6.07 Å². The number of nitro groups is 1. The van der Waals surface area contributed by atoms with Crippen molar-refractivity contribution >= 4 is 18.0 Å². The van der Waals surface area contributed by atoms with E-state index in [9.17, 15) is 14.9 Å². The molecule has 0 saturated carbocycles. The summed E-state index contributed by atoms with van der Waals surface area (Å²) in [5.74, 6) is -0.140. The second-order valence-corrected chi connectivity index (χ2v) is 4.43. The van der Waals surface area contributed by atoms with Crippen molar-refractivity contribution in [2.75, 3.05) is 44.2 Å². The van der Waals surface area contributed by atoms with Gasteiger partial charge in [0.15, 0.2) is 6.20 Å². The number of hydrogen-bond donors (Lipinski definition) is 0. The summed E-state index contributed by atoms with van der Waals surface area (Å²) in [7, 11) is 0. The van der Waals surface area contributed by atoms with Gasteiger partial charge in [-0.3, -0.25) is 9.69 Å². The van der Waals surface area contributed by atoms with Crippen LogP contribution in [0.2, 0.25) is 0 Å². The highest BCUT2D eigenvalue weighted by Crippen LogP contribution is 2.17. The summed E-state index contributed by atoms with van der Waals surface area (Å²) < 4.78 is 4.67. The van der Waals surface area contributed by atoms with Crippen LogP contribution in [0.25, 0.3) is 0 Å². The Labute approximate surface area is 116 Å². The molecule has 0 aliphatic carbocycles. The van der Waals surface area contributed by atoms with Crippen molar-refractivity contribution in [1.29, 1.82) is 0 Å². The minimum Gasteiger partial charge on any atom is -0.467 e. The van der Waals surface area contributed by atoms with E-state index in [0.29, 0.717) is 13.1 Å². The molecule has 1 aromatic heterocycles. The third-order valence-corrected chi connectivity index (χ3v) is 3.25. The van der Waals surface area contributed by atoms with E-state index in [1.165, 1.54) is 12.3 Å². The van der Waals surface area contributed by atoms with E-state index >= 15 is 0 Å². The van der Waals surface area contributed by atoms with Crippen molar-refractivity contribution in [3.8, 4) is 0 Å². The number of ether oxygens (including phenoxy) is 1. The zero-order valence-corrected chi connectivity index (χ0v) is 11.0. The summed E-state index contributed by atoms with van der Waals surface area (Å²) in [6, 6.07) is 3.13. The molecule has 8 heteroatoms. The number of hydrogen-bond acceptors (Lipinski definition) is 7. The van der Waals surface area contributed by atoms with Gasteiger partial charge < -0.3 is 19.8 Å². The summed E-state index contributed by atoms with van der Waals surface area (Å²) in [6.45, 7) is 4.95. The fourth-order valence-electron chi connectivity index (χ4n) is 2.13. The normalized spacial score (nSPS) is 15.9. The van der Waals surface area contributed by atoms with Gasteiger partial charge in [-0.15, -0.1) is 0 Å². The van der Waals surface area contributed by atoms with Crippen LogP contribution in [0.15, 0.2) is 18.3 Å². The van der Waals surface area contributed by atoms with Gasteiger partial charge in [-0.2, -0.15) is 0 Å². The third kappa shape index (κ3) is 3.64. The highest BCUT2D eigenvalue weighted by Gasteiger charge is 2.18. The van der Waals surface area contributed by atoms with Crippen LogP contribution in [0, 0.1) is 10.1 Å². The molecule has 2 heterocycles. The predicted molar refractivity (Wildman–Crippen MR) is 71.6 cm³/mol. The monoisotopic (exact) mass is 280 g/mol. The van der Waals surface area contributed by atoms with Crippen LogP contribution >= 0.6 is 0 Å². The molecule has 1 saturated heterocycles. The molecule has 0 amide bonds. The number of pyridine rings is 1. The number of aromatic nitrogens is 1. The Bertz CT molecular complexity index is 457. The van der Waals surface area contributed by atoms with Crippen molar-refractivity contribution in [3.05, 3.63) is 28.4 Å². The lowest BCUT2D eigenvalue weighted by Gasteiger charge is -2.35. The Balaban J connectivity index is 1.84. The van der Waals surface area contributed by atoms with Gasteiger partial charge in [-0.1, -0.05) is 0 Å². The first-order valence-electron chi connectivity index (χ1n) is 6.33. The van der Waals surface area contributed by atoms with E-state index < -0.39 is 4.92 Å². The van der Waals surface area contributed by atoms with Crippen molar-refractivity contribution in [3.63, 3.8) is 0 Å². The standard InChI is InChI=1S/C12H16N4O4/c17-10-20-8-7-14-3-5-15(6-4-14)11-1-2-12(13-9-11)16(18)19/h1-2,9-10H,3-8H2. The highest BCUT2D eigenvalue weighted by molar-refractivity contribution is 5.46. The summed E-state index contributed by atoms with van der Waals surface area (Å²) in [5, 5.41) is 10.5. The first-order chi connectivity index (χ1) is 9.70. The molecule has 108 valence electrons. The maximum Gasteiger partial charge on any atom is 0.363 e. The van der Waals surface area contributed by atoms with Crippen molar-refractivity contribution in [2.24, 2.45) is 0 Å². The van der Waals surface area contributed by atoms with E-state index in [0.717, 1.165) is 38.4 Å². The smallest absolute Gasteiger partial charge is 0.363 e. The molecule has 1 aromatic rings. The van der Waals surface area contributed by atoms with E-state index in [2.05, 4.69) is 19.5 Å². The molecule has 0 radical (unpaired) electrons. The lowest BCUT2D eigenvalue weighted by molar-refractivity contribution is -0.389. The molecule has 0 bridgehead atoms. The summed E-state index contributed by atoms with van der Waals surface area (Å²) >= 11 is 0. The van der Waals surface area contributed by atoms with Crippen LogP contribution in [0.1, 0.15) is 0 Å². The molecule has 0 unspecified atom stereocenters. The molecule has 0 N–H and O–H groups in total. The Morgan fingerprint density at radius 2 is 2.10 bits per heavy atom. The van der Waals surface area contributed by atoms with Crippen LogP contribution in [0.3, 0.4) is 0 Å². The van der Waals surface area contributed by atoms with Gasteiger partial charge in [0.25, 0.3) is 6.47 Å².